The van der Waals surface area contributed by atoms with Crippen molar-refractivity contribution in [2.24, 2.45) is 0 Å². The van der Waals surface area contributed by atoms with Gasteiger partial charge in [-0.25, -0.2) is 0 Å². The van der Waals surface area contributed by atoms with E-state index in [9.17, 15) is 0 Å². The molecule has 3 nitrogen and oxygen atoms in total. The smallest absolute Gasteiger partial charge is 0.0594 e. The van der Waals surface area contributed by atoms with Gasteiger partial charge in [-0.15, -0.1) is 0 Å². The molecule has 0 amide bonds. The third-order valence-electron chi connectivity index (χ3n) is 3.58. The minimum atomic E-state index is 0.183. The summed E-state index contributed by atoms with van der Waals surface area (Å²) in [6, 6.07) is 8.62. The van der Waals surface area contributed by atoms with E-state index in [1.54, 1.807) is 0 Å². The molecular weight excluding hydrogens is 236 g/mol. The quantitative estimate of drug-likeness (QED) is 0.903. The summed E-state index contributed by atoms with van der Waals surface area (Å²) in [6.45, 7) is 12.7. The van der Waals surface area contributed by atoms with Crippen molar-refractivity contribution in [1.29, 1.82) is 0 Å². The SMILES string of the molecule is CC(C)(C)c1ccccc1NCCN1CCOCC1. The van der Waals surface area contributed by atoms with Crippen LogP contribution in [0.25, 0.3) is 0 Å². The van der Waals surface area contributed by atoms with Gasteiger partial charge in [0.2, 0.25) is 0 Å². The summed E-state index contributed by atoms with van der Waals surface area (Å²) in [4.78, 5) is 2.45. The van der Waals surface area contributed by atoms with Crippen molar-refractivity contribution in [1.82, 2.24) is 4.90 Å². The maximum Gasteiger partial charge on any atom is 0.0594 e. The van der Waals surface area contributed by atoms with Crippen molar-refractivity contribution in [2.75, 3.05) is 44.7 Å². The van der Waals surface area contributed by atoms with Crippen LogP contribution in [0.3, 0.4) is 0 Å². The first-order valence-corrected chi connectivity index (χ1v) is 7.21. The van der Waals surface area contributed by atoms with Crippen molar-refractivity contribution in [3.05, 3.63) is 29.8 Å². The van der Waals surface area contributed by atoms with Gasteiger partial charge in [0, 0.05) is 31.9 Å². The molecule has 19 heavy (non-hydrogen) atoms. The molecule has 0 radical (unpaired) electrons. The van der Waals surface area contributed by atoms with Gasteiger partial charge in [-0.3, -0.25) is 4.90 Å². The van der Waals surface area contributed by atoms with Crippen molar-refractivity contribution in [3.63, 3.8) is 0 Å². The van der Waals surface area contributed by atoms with Crippen molar-refractivity contribution in [2.45, 2.75) is 26.2 Å². The van der Waals surface area contributed by atoms with Gasteiger partial charge in [0.1, 0.15) is 0 Å². The second kappa shape index (κ2) is 6.40. The van der Waals surface area contributed by atoms with Crippen LogP contribution in [-0.2, 0) is 10.2 Å². The van der Waals surface area contributed by atoms with E-state index in [-0.39, 0.29) is 5.41 Å². The molecule has 0 bridgehead atoms. The number of ether oxygens (including phenoxy) is 1. The van der Waals surface area contributed by atoms with E-state index >= 15 is 0 Å². The topological polar surface area (TPSA) is 24.5 Å². The summed E-state index contributed by atoms with van der Waals surface area (Å²) in [7, 11) is 0. The molecule has 1 aliphatic heterocycles. The lowest BCUT2D eigenvalue weighted by atomic mass is 9.86. The van der Waals surface area contributed by atoms with E-state index in [1.807, 2.05) is 0 Å². The predicted octanol–water partition coefficient (Wildman–Crippen LogP) is 2.73. The van der Waals surface area contributed by atoms with Gasteiger partial charge in [-0.1, -0.05) is 39.0 Å². The Morgan fingerprint density at radius 1 is 1.16 bits per heavy atom. The van der Waals surface area contributed by atoms with Crippen LogP contribution >= 0.6 is 0 Å². The molecule has 1 fully saturated rings. The van der Waals surface area contributed by atoms with Crippen LogP contribution in [0.2, 0.25) is 0 Å². The molecule has 1 N–H and O–H groups in total. The van der Waals surface area contributed by atoms with Gasteiger partial charge in [0.05, 0.1) is 13.2 Å². The average Bonchev–Trinajstić information content (AvgIpc) is 2.39. The summed E-state index contributed by atoms with van der Waals surface area (Å²) in [6.07, 6.45) is 0. The predicted molar refractivity (Wildman–Crippen MR) is 80.9 cm³/mol. The van der Waals surface area contributed by atoms with Crippen molar-refractivity contribution < 1.29 is 4.74 Å². The molecule has 0 atom stereocenters. The summed E-state index contributed by atoms with van der Waals surface area (Å²) in [5.74, 6) is 0. The molecule has 1 aromatic rings. The van der Waals surface area contributed by atoms with Gasteiger partial charge < -0.3 is 10.1 Å². The fourth-order valence-electron chi connectivity index (χ4n) is 2.46. The van der Waals surface area contributed by atoms with E-state index in [0.29, 0.717) is 0 Å². The molecule has 1 aromatic carbocycles. The average molecular weight is 262 g/mol. The summed E-state index contributed by atoms with van der Waals surface area (Å²) in [5, 5.41) is 3.58. The maximum atomic E-state index is 5.37. The fourth-order valence-corrected chi connectivity index (χ4v) is 2.46. The minimum Gasteiger partial charge on any atom is -0.384 e. The number of para-hydroxylation sites is 1. The molecule has 1 heterocycles. The molecule has 0 spiro atoms. The molecule has 2 rings (SSSR count). The lowest BCUT2D eigenvalue weighted by Crippen LogP contribution is -2.39. The van der Waals surface area contributed by atoms with Gasteiger partial charge in [-0.2, -0.15) is 0 Å². The van der Waals surface area contributed by atoms with Gasteiger partial charge in [0.25, 0.3) is 0 Å². The zero-order valence-electron chi connectivity index (χ0n) is 12.4. The number of morpholine rings is 1. The highest BCUT2D eigenvalue weighted by molar-refractivity contribution is 5.54. The molecule has 106 valence electrons. The lowest BCUT2D eigenvalue weighted by molar-refractivity contribution is 0.0398. The molecule has 3 heteroatoms. The number of hydrogen-bond donors (Lipinski definition) is 1. The Morgan fingerprint density at radius 3 is 2.53 bits per heavy atom. The van der Waals surface area contributed by atoms with Crippen LogP contribution in [-0.4, -0.2) is 44.3 Å². The molecule has 1 saturated heterocycles. The molecule has 0 aliphatic carbocycles. The Hall–Kier alpha value is -1.06. The Morgan fingerprint density at radius 2 is 1.84 bits per heavy atom. The van der Waals surface area contributed by atoms with Crippen LogP contribution in [0.5, 0.6) is 0 Å². The second-order valence-electron chi connectivity index (χ2n) is 6.18. The van der Waals surface area contributed by atoms with Gasteiger partial charge >= 0.3 is 0 Å². The first-order valence-electron chi connectivity index (χ1n) is 7.21. The van der Waals surface area contributed by atoms with E-state index in [0.717, 1.165) is 39.4 Å². The standard InChI is InChI=1S/C16H26N2O/c1-16(2,3)14-6-4-5-7-15(14)17-8-9-18-10-12-19-13-11-18/h4-7,17H,8-13H2,1-3H3. The number of nitrogens with one attached hydrogen (secondary N) is 1. The van der Waals surface area contributed by atoms with E-state index in [1.165, 1.54) is 11.3 Å². The minimum absolute atomic E-state index is 0.183. The highest BCUT2D eigenvalue weighted by Crippen LogP contribution is 2.28. The monoisotopic (exact) mass is 262 g/mol. The largest absolute Gasteiger partial charge is 0.384 e. The Balaban J connectivity index is 1.88. The molecule has 0 unspecified atom stereocenters. The van der Waals surface area contributed by atoms with Crippen LogP contribution in [0.1, 0.15) is 26.3 Å². The number of rotatable bonds is 4. The Labute approximate surface area is 116 Å². The van der Waals surface area contributed by atoms with Crippen molar-refractivity contribution in [3.8, 4) is 0 Å². The Bertz CT molecular complexity index is 392. The molecule has 1 aliphatic rings. The van der Waals surface area contributed by atoms with Crippen LogP contribution in [0.15, 0.2) is 24.3 Å². The van der Waals surface area contributed by atoms with Gasteiger partial charge in [0.15, 0.2) is 0 Å². The van der Waals surface area contributed by atoms with Crippen molar-refractivity contribution >= 4 is 5.69 Å². The molecule has 0 aromatic heterocycles. The normalized spacial score (nSPS) is 17.4. The number of hydrogen-bond acceptors (Lipinski definition) is 3. The second-order valence-corrected chi connectivity index (χ2v) is 6.18. The zero-order valence-corrected chi connectivity index (χ0v) is 12.4. The third-order valence-corrected chi connectivity index (χ3v) is 3.58. The maximum absolute atomic E-state index is 5.37. The summed E-state index contributed by atoms with van der Waals surface area (Å²) in [5.41, 5.74) is 2.84. The van der Waals surface area contributed by atoms with E-state index in [4.69, 9.17) is 4.74 Å². The van der Waals surface area contributed by atoms with Crippen LogP contribution in [0, 0.1) is 0 Å². The Kier molecular flexibility index (Phi) is 4.83. The highest BCUT2D eigenvalue weighted by atomic mass is 16.5. The van der Waals surface area contributed by atoms with Gasteiger partial charge in [-0.05, 0) is 17.0 Å². The zero-order chi connectivity index (χ0) is 13.7. The van der Waals surface area contributed by atoms with Crippen LogP contribution in [0.4, 0.5) is 5.69 Å². The van der Waals surface area contributed by atoms with E-state index < -0.39 is 0 Å². The number of benzene rings is 1. The fraction of sp³-hybridized carbons (Fsp3) is 0.625. The molecule has 0 saturated carbocycles. The van der Waals surface area contributed by atoms with E-state index in [2.05, 4.69) is 55.3 Å². The first-order chi connectivity index (χ1) is 9.07. The highest BCUT2D eigenvalue weighted by Gasteiger charge is 2.17. The third kappa shape index (κ3) is 4.22. The number of nitrogens with zero attached hydrogens (tertiary/aromatic N) is 1. The molecular formula is C16H26N2O. The summed E-state index contributed by atoms with van der Waals surface area (Å²) >= 11 is 0. The van der Waals surface area contributed by atoms with Crippen LogP contribution < -0.4 is 5.32 Å². The lowest BCUT2D eigenvalue weighted by Gasteiger charge is -2.28. The summed E-state index contributed by atoms with van der Waals surface area (Å²) < 4.78 is 5.37. The first kappa shape index (κ1) is 14.4. The number of anilines is 1.